The summed E-state index contributed by atoms with van der Waals surface area (Å²) in [6, 6.07) is 7.30. The van der Waals surface area contributed by atoms with Crippen molar-refractivity contribution in [1.82, 2.24) is 14.5 Å². The molecule has 1 aliphatic heterocycles. The fourth-order valence-corrected chi connectivity index (χ4v) is 5.21. The Bertz CT molecular complexity index is 980. The number of para-hydroxylation sites is 1. The van der Waals surface area contributed by atoms with Crippen LogP contribution in [0.5, 0.6) is 0 Å². The minimum absolute atomic E-state index is 0.0873. The van der Waals surface area contributed by atoms with Gasteiger partial charge in [-0.3, -0.25) is 19.0 Å². The summed E-state index contributed by atoms with van der Waals surface area (Å²) in [5, 5.41) is 1.15. The first-order valence-electron chi connectivity index (χ1n) is 11.0. The lowest BCUT2D eigenvalue weighted by Gasteiger charge is -2.35. The topological polar surface area (TPSA) is 98.3 Å². The first-order valence-corrected chi connectivity index (χ1v) is 12.0. The van der Waals surface area contributed by atoms with E-state index in [4.69, 9.17) is 10.7 Å². The van der Waals surface area contributed by atoms with Crippen LogP contribution in [0.15, 0.2) is 34.2 Å². The summed E-state index contributed by atoms with van der Waals surface area (Å²) >= 11 is 1.34. The number of carbonyl (C=O) groups excluding carboxylic acids is 2. The van der Waals surface area contributed by atoms with Crippen LogP contribution in [0.2, 0.25) is 0 Å². The van der Waals surface area contributed by atoms with Gasteiger partial charge in [0.2, 0.25) is 11.8 Å². The minimum atomic E-state index is -0.305. The molecule has 2 heterocycles. The molecule has 31 heavy (non-hydrogen) atoms. The molecule has 2 amide bonds. The van der Waals surface area contributed by atoms with Gasteiger partial charge in [-0.05, 0) is 43.2 Å². The summed E-state index contributed by atoms with van der Waals surface area (Å²) in [5.41, 5.74) is 5.76. The molecule has 1 aromatic carbocycles. The Morgan fingerprint density at radius 3 is 2.55 bits per heavy atom. The number of amides is 2. The normalized spacial score (nSPS) is 19.0. The van der Waals surface area contributed by atoms with Crippen molar-refractivity contribution in [3.05, 3.63) is 34.6 Å². The van der Waals surface area contributed by atoms with E-state index in [1.807, 2.05) is 23.1 Å². The molecule has 2 aromatic rings. The van der Waals surface area contributed by atoms with E-state index in [0.717, 1.165) is 32.4 Å². The molecule has 0 aliphatic carbocycles. The average molecular weight is 445 g/mol. The predicted molar refractivity (Wildman–Crippen MR) is 124 cm³/mol. The molecule has 1 aliphatic rings. The fourth-order valence-electron chi connectivity index (χ4n) is 4.29. The molecule has 0 spiro atoms. The predicted octanol–water partition coefficient (Wildman–Crippen LogP) is 3.04. The van der Waals surface area contributed by atoms with Gasteiger partial charge in [-0.2, -0.15) is 0 Å². The number of rotatable bonds is 9. The molecule has 0 saturated carbocycles. The standard InChI is InChI=1S/C23H32N4O3S/c1-16-12-17(2)14-26(13-16)21(29)15-31-23-25-19-9-6-5-8-18(19)22(30)27(23)11-7-3-4-10-20(24)28/h5-6,8-9,16-17H,3-4,7,10-15H2,1-2H3,(H2,24,28). The second-order valence-corrected chi connectivity index (χ2v) is 9.62. The molecular formula is C23H32N4O3S. The van der Waals surface area contributed by atoms with Crippen molar-refractivity contribution in [2.75, 3.05) is 18.8 Å². The van der Waals surface area contributed by atoms with Crippen LogP contribution in [0.1, 0.15) is 46.0 Å². The first kappa shape index (κ1) is 23.3. The number of unbranched alkanes of at least 4 members (excludes halogenated alkanes) is 2. The summed E-state index contributed by atoms with van der Waals surface area (Å²) in [7, 11) is 0. The van der Waals surface area contributed by atoms with E-state index in [1.165, 1.54) is 11.8 Å². The molecule has 2 atom stereocenters. The Hall–Kier alpha value is -2.35. The number of hydrogen-bond donors (Lipinski definition) is 1. The zero-order valence-corrected chi connectivity index (χ0v) is 19.2. The van der Waals surface area contributed by atoms with E-state index in [-0.39, 0.29) is 23.1 Å². The highest BCUT2D eigenvalue weighted by molar-refractivity contribution is 7.99. The number of benzene rings is 1. The summed E-state index contributed by atoms with van der Waals surface area (Å²) < 4.78 is 1.67. The Morgan fingerprint density at radius 2 is 1.84 bits per heavy atom. The van der Waals surface area contributed by atoms with E-state index in [9.17, 15) is 14.4 Å². The second kappa shape index (κ2) is 10.8. The van der Waals surface area contributed by atoms with Crippen molar-refractivity contribution in [3.63, 3.8) is 0 Å². The largest absolute Gasteiger partial charge is 0.370 e. The molecule has 0 bridgehead atoms. The molecule has 2 unspecified atom stereocenters. The van der Waals surface area contributed by atoms with Crippen LogP contribution in [0.25, 0.3) is 10.9 Å². The molecule has 168 valence electrons. The van der Waals surface area contributed by atoms with Gasteiger partial charge in [0.25, 0.3) is 5.56 Å². The van der Waals surface area contributed by atoms with Crippen LogP contribution in [0.4, 0.5) is 0 Å². The SMILES string of the molecule is CC1CC(C)CN(C(=O)CSc2nc3ccccc3c(=O)n2CCCCCC(N)=O)C1. The summed E-state index contributed by atoms with van der Waals surface area (Å²) in [5.74, 6) is 1.08. The Morgan fingerprint density at radius 1 is 1.13 bits per heavy atom. The van der Waals surface area contributed by atoms with Crippen LogP contribution in [-0.2, 0) is 16.1 Å². The van der Waals surface area contributed by atoms with Gasteiger partial charge in [-0.25, -0.2) is 4.98 Å². The molecule has 1 saturated heterocycles. The quantitative estimate of drug-likeness (QED) is 0.364. The van der Waals surface area contributed by atoms with Crippen LogP contribution in [-0.4, -0.2) is 45.1 Å². The molecule has 8 heteroatoms. The Labute approximate surface area is 187 Å². The maximum atomic E-state index is 13.1. The van der Waals surface area contributed by atoms with E-state index in [1.54, 1.807) is 10.6 Å². The summed E-state index contributed by atoms with van der Waals surface area (Å²) in [6.07, 6.45) is 3.76. The number of likely N-dealkylation sites (tertiary alicyclic amines) is 1. The van der Waals surface area contributed by atoms with Gasteiger partial charge in [-0.1, -0.05) is 44.2 Å². The van der Waals surface area contributed by atoms with E-state index < -0.39 is 0 Å². The number of hydrogen-bond acceptors (Lipinski definition) is 5. The van der Waals surface area contributed by atoms with E-state index in [0.29, 0.717) is 47.3 Å². The van der Waals surface area contributed by atoms with Crippen molar-refractivity contribution in [3.8, 4) is 0 Å². The fraction of sp³-hybridized carbons (Fsp3) is 0.565. The van der Waals surface area contributed by atoms with Crippen LogP contribution in [0, 0.1) is 11.8 Å². The number of nitrogens with zero attached hydrogens (tertiary/aromatic N) is 3. The number of aromatic nitrogens is 2. The molecule has 1 fully saturated rings. The lowest BCUT2D eigenvalue weighted by molar-refractivity contribution is -0.131. The number of primary amides is 1. The molecule has 1 aromatic heterocycles. The van der Waals surface area contributed by atoms with Crippen molar-refractivity contribution in [1.29, 1.82) is 0 Å². The third-order valence-corrected chi connectivity index (χ3v) is 6.64. The molecule has 2 N–H and O–H groups in total. The smallest absolute Gasteiger partial charge is 0.262 e. The summed E-state index contributed by atoms with van der Waals surface area (Å²) in [6.45, 7) is 6.46. The molecule has 7 nitrogen and oxygen atoms in total. The molecule has 3 rings (SSSR count). The third kappa shape index (κ3) is 6.32. The lowest BCUT2D eigenvalue weighted by Crippen LogP contribution is -2.43. The highest BCUT2D eigenvalue weighted by Crippen LogP contribution is 2.23. The summed E-state index contributed by atoms with van der Waals surface area (Å²) in [4.78, 5) is 43.5. The zero-order chi connectivity index (χ0) is 22.4. The van der Waals surface area contributed by atoms with Crippen LogP contribution >= 0.6 is 11.8 Å². The van der Waals surface area contributed by atoms with E-state index in [2.05, 4.69) is 13.8 Å². The number of carbonyl (C=O) groups is 2. The number of nitrogens with two attached hydrogens (primary N) is 1. The van der Waals surface area contributed by atoms with Crippen LogP contribution in [0.3, 0.4) is 0 Å². The molecular weight excluding hydrogens is 412 g/mol. The second-order valence-electron chi connectivity index (χ2n) is 8.68. The Balaban J connectivity index is 1.73. The van der Waals surface area contributed by atoms with Gasteiger partial charge in [0.15, 0.2) is 5.16 Å². The van der Waals surface area contributed by atoms with Crippen molar-refractivity contribution in [2.24, 2.45) is 17.6 Å². The van der Waals surface area contributed by atoms with Gasteiger partial charge >= 0.3 is 0 Å². The van der Waals surface area contributed by atoms with Crippen LogP contribution < -0.4 is 11.3 Å². The van der Waals surface area contributed by atoms with Gasteiger partial charge in [-0.15, -0.1) is 0 Å². The van der Waals surface area contributed by atoms with E-state index >= 15 is 0 Å². The van der Waals surface area contributed by atoms with Gasteiger partial charge in [0, 0.05) is 26.1 Å². The first-order chi connectivity index (χ1) is 14.8. The minimum Gasteiger partial charge on any atom is -0.370 e. The van der Waals surface area contributed by atoms with Gasteiger partial charge < -0.3 is 10.6 Å². The molecule has 0 radical (unpaired) electrons. The maximum absolute atomic E-state index is 13.1. The van der Waals surface area contributed by atoms with Gasteiger partial charge in [0.1, 0.15) is 0 Å². The Kier molecular flexibility index (Phi) is 8.12. The third-order valence-electron chi connectivity index (χ3n) is 5.68. The van der Waals surface area contributed by atoms with Crippen molar-refractivity contribution >= 4 is 34.5 Å². The van der Waals surface area contributed by atoms with Crippen molar-refractivity contribution < 1.29 is 9.59 Å². The monoisotopic (exact) mass is 444 g/mol. The average Bonchev–Trinajstić information content (AvgIpc) is 2.72. The highest BCUT2D eigenvalue weighted by atomic mass is 32.2. The van der Waals surface area contributed by atoms with Gasteiger partial charge in [0.05, 0.1) is 16.7 Å². The highest BCUT2D eigenvalue weighted by Gasteiger charge is 2.25. The lowest BCUT2D eigenvalue weighted by atomic mass is 9.92. The van der Waals surface area contributed by atoms with Crippen molar-refractivity contribution in [2.45, 2.75) is 57.7 Å². The number of fused-ring (bicyclic) bond motifs is 1. The number of piperidine rings is 1. The maximum Gasteiger partial charge on any atom is 0.262 e. The zero-order valence-electron chi connectivity index (χ0n) is 18.4. The number of thioether (sulfide) groups is 1.